The van der Waals surface area contributed by atoms with E-state index in [-0.39, 0.29) is 21.1 Å². The molecule has 0 fully saturated rings. The van der Waals surface area contributed by atoms with Gasteiger partial charge in [0.25, 0.3) is 0 Å². The lowest BCUT2D eigenvalue weighted by Crippen LogP contribution is -2.32. The van der Waals surface area contributed by atoms with Crippen LogP contribution in [0.3, 0.4) is 0 Å². The number of nitrogen functional groups attached to an aromatic ring is 1. The third kappa shape index (κ3) is 3.66. The fourth-order valence-electron chi connectivity index (χ4n) is 1.60. The Balaban J connectivity index is 3.09. The van der Waals surface area contributed by atoms with Crippen LogP contribution in [-0.2, 0) is 10.0 Å². The minimum atomic E-state index is -3.72. The number of rotatable bonds is 5. The Kier molecular flexibility index (Phi) is 5.12. The Bertz CT molecular complexity index is 534. The Morgan fingerprint density at radius 3 is 2.67 bits per heavy atom. The molecule has 0 aliphatic carbocycles. The first kappa shape index (κ1) is 15.4. The minimum Gasteiger partial charge on any atom is -0.398 e. The molecule has 7 heteroatoms. The number of benzene rings is 1. The average Bonchev–Trinajstić information content (AvgIpc) is 2.22. The molecule has 1 rings (SSSR count). The molecule has 0 saturated heterocycles. The molecular formula is C11H16BrFN2O2S. The van der Waals surface area contributed by atoms with Crippen molar-refractivity contribution in [2.45, 2.75) is 37.6 Å². The van der Waals surface area contributed by atoms with Crippen molar-refractivity contribution in [1.82, 2.24) is 4.72 Å². The van der Waals surface area contributed by atoms with E-state index in [9.17, 15) is 12.8 Å². The first-order chi connectivity index (χ1) is 8.27. The van der Waals surface area contributed by atoms with E-state index < -0.39 is 15.8 Å². The van der Waals surface area contributed by atoms with Crippen molar-refractivity contribution in [3.05, 3.63) is 22.4 Å². The van der Waals surface area contributed by atoms with Crippen LogP contribution in [0.4, 0.5) is 10.1 Å². The Labute approximate surface area is 115 Å². The highest BCUT2D eigenvalue weighted by Gasteiger charge is 2.21. The van der Waals surface area contributed by atoms with E-state index in [0.29, 0.717) is 0 Å². The highest BCUT2D eigenvalue weighted by atomic mass is 79.9. The second-order valence-electron chi connectivity index (χ2n) is 4.12. The Hall–Kier alpha value is -0.660. The van der Waals surface area contributed by atoms with Crippen LogP contribution in [-0.4, -0.2) is 14.5 Å². The normalized spacial score (nSPS) is 13.6. The van der Waals surface area contributed by atoms with Gasteiger partial charge in [-0.3, -0.25) is 0 Å². The second-order valence-corrected chi connectivity index (χ2v) is 6.65. The second kappa shape index (κ2) is 5.99. The number of nitrogens with two attached hydrogens (primary N) is 1. The van der Waals surface area contributed by atoms with Crippen LogP contribution in [0, 0.1) is 5.82 Å². The fourth-order valence-corrected chi connectivity index (χ4v) is 3.51. The third-order valence-corrected chi connectivity index (χ3v) is 4.67. The summed E-state index contributed by atoms with van der Waals surface area (Å²) < 4.78 is 39.9. The molecule has 4 nitrogen and oxygen atoms in total. The zero-order chi connectivity index (χ0) is 13.9. The van der Waals surface area contributed by atoms with E-state index in [1.807, 2.05) is 6.92 Å². The van der Waals surface area contributed by atoms with Gasteiger partial charge in [-0.05, 0) is 41.4 Å². The van der Waals surface area contributed by atoms with Gasteiger partial charge in [0, 0.05) is 6.04 Å². The molecular weight excluding hydrogens is 323 g/mol. The number of halogens is 2. The topological polar surface area (TPSA) is 72.2 Å². The predicted molar refractivity (Wildman–Crippen MR) is 73.2 cm³/mol. The first-order valence-electron chi connectivity index (χ1n) is 5.54. The van der Waals surface area contributed by atoms with E-state index in [1.54, 1.807) is 6.92 Å². The maximum Gasteiger partial charge on any atom is 0.242 e. The van der Waals surface area contributed by atoms with Gasteiger partial charge >= 0.3 is 0 Å². The lowest BCUT2D eigenvalue weighted by Gasteiger charge is -2.14. The van der Waals surface area contributed by atoms with Crippen molar-refractivity contribution in [3.63, 3.8) is 0 Å². The van der Waals surface area contributed by atoms with Crippen LogP contribution in [0.25, 0.3) is 0 Å². The van der Waals surface area contributed by atoms with Crippen LogP contribution < -0.4 is 10.5 Å². The summed E-state index contributed by atoms with van der Waals surface area (Å²) in [5, 5.41) is 0. The Morgan fingerprint density at radius 1 is 1.50 bits per heavy atom. The number of sulfonamides is 1. The SMILES string of the molecule is CCCC(C)NS(=O)(=O)c1cc(Br)c(F)cc1N. The smallest absolute Gasteiger partial charge is 0.242 e. The number of nitrogens with one attached hydrogen (secondary N) is 1. The summed E-state index contributed by atoms with van der Waals surface area (Å²) in [5.41, 5.74) is 5.44. The highest BCUT2D eigenvalue weighted by molar-refractivity contribution is 9.10. The van der Waals surface area contributed by atoms with Gasteiger partial charge in [-0.15, -0.1) is 0 Å². The first-order valence-corrected chi connectivity index (χ1v) is 7.82. The molecule has 0 heterocycles. The zero-order valence-corrected chi connectivity index (χ0v) is 12.6. The molecule has 0 bridgehead atoms. The van der Waals surface area contributed by atoms with E-state index >= 15 is 0 Å². The standard InChI is InChI=1S/C11H16BrFN2O2S/c1-3-4-7(2)15-18(16,17)11-5-8(12)9(13)6-10(11)14/h5-7,15H,3-4,14H2,1-2H3. The van der Waals surface area contributed by atoms with Crippen molar-refractivity contribution in [2.24, 2.45) is 0 Å². The van der Waals surface area contributed by atoms with Crippen LogP contribution in [0.15, 0.2) is 21.5 Å². The molecule has 18 heavy (non-hydrogen) atoms. The van der Waals surface area contributed by atoms with Gasteiger partial charge in [-0.25, -0.2) is 17.5 Å². The molecule has 0 spiro atoms. The Morgan fingerprint density at radius 2 is 2.11 bits per heavy atom. The third-order valence-electron chi connectivity index (χ3n) is 2.42. The highest BCUT2D eigenvalue weighted by Crippen LogP contribution is 2.26. The molecule has 0 amide bonds. The van der Waals surface area contributed by atoms with Gasteiger partial charge in [-0.2, -0.15) is 0 Å². The van der Waals surface area contributed by atoms with E-state index in [2.05, 4.69) is 20.7 Å². The van der Waals surface area contributed by atoms with Crippen molar-refractivity contribution >= 4 is 31.6 Å². The average molecular weight is 339 g/mol. The molecule has 0 aliphatic heterocycles. The summed E-state index contributed by atoms with van der Waals surface area (Å²) in [6.07, 6.45) is 1.59. The molecule has 0 radical (unpaired) electrons. The van der Waals surface area contributed by atoms with Gasteiger partial charge in [0.15, 0.2) is 0 Å². The minimum absolute atomic E-state index is 0.0696. The summed E-state index contributed by atoms with van der Waals surface area (Å²) in [4.78, 5) is -0.112. The van der Waals surface area contributed by atoms with Gasteiger partial charge < -0.3 is 5.73 Å². The molecule has 1 unspecified atom stereocenters. The summed E-state index contributed by atoms with van der Waals surface area (Å²) in [6.45, 7) is 3.74. The molecule has 0 aromatic heterocycles. The predicted octanol–water partition coefficient (Wildman–Crippen LogP) is 2.64. The summed E-state index contributed by atoms with van der Waals surface area (Å²) >= 11 is 2.95. The lowest BCUT2D eigenvalue weighted by atomic mass is 10.2. The van der Waals surface area contributed by atoms with Crippen molar-refractivity contribution in [3.8, 4) is 0 Å². The molecule has 1 aromatic carbocycles. The fraction of sp³-hybridized carbons (Fsp3) is 0.455. The zero-order valence-electron chi connectivity index (χ0n) is 10.2. The monoisotopic (exact) mass is 338 g/mol. The van der Waals surface area contributed by atoms with Crippen molar-refractivity contribution in [1.29, 1.82) is 0 Å². The summed E-state index contributed by atoms with van der Waals surface area (Å²) in [7, 11) is -3.72. The van der Waals surface area contributed by atoms with Crippen LogP contribution in [0.1, 0.15) is 26.7 Å². The number of hydrogen-bond acceptors (Lipinski definition) is 3. The quantitative estimate of drug-likeness (QED) is 0.810. The molecule has 102 valence electrons. The van der Waals surface area contributed by atoms with Crippen molar-refractivity contribution < 1.29 is 12.8 Å². The van der Waals surface area contributed by atoms with E-state index in [0.717, 1.165) is 18.9 Å². The molecule has 1 aromatic rings. The molecule has 1 atom stereocenters. The summed E-state index contributed by atoms with van der Waals surface area (Å²) in [5.74, 6) is -0.590. The van der Waals surface area contributed by atoms with Crippen molar-refractivity contribution in [2.75, 3.05) is 5.73 Å². The maximum absolute atomic E-state index is 13.2. The van der Waals surface area contributed by atoms with Gasteiger partial charge in [0.05, 0.1) is 10.2 Å². The van der Waals surface area contributed by atoms with Gasteiger partial charge in [0.1, 0.15) is 10.7 Å². The van der Waals surface area contributed by atoms with Gasteiger partial charge in [0.2, 0.25) is 10.0 Å². The molecule has 3 N–H and O–H groups in total. The van der Waals surface area contributed by atoms with E-state index in [1.165, 1.54) is 6.07 Å². The lowest BCUT2D eigenvalue weighted by molar-refractivity contribution is 0.544. The van der Waals surface area contributed by atoms with Crippen LogP contribution in [0.2, 0.25) is 0 Å². The largest absolute Gasteiger partial charge is 0.398 e. The summed E-state index contributed by atoms with van der Waals surface area (Å²) in [6, 6.07) is 1.97. The molecule has 0 saturated carbocycles. The van der Waals surface area contributed by atoms with Gasteiger partial charge in [-0.1, -0.05) is 13.3 Å². The number of anilines is 1. The van der Waals surface area contributed by atoms with Crippen LogP contribution in [0.5, 0.6) is 0 Å². The number of hydrogen-bond donors (Lipinski definition) is 2. The van der Waals surface area contributed by atoms with E-state index in [4.69, 9.17) is 5.73 Å². The maximum atomic E-state index is 13.2. The molecule has 0 aliphatic rings. The van der Waals surface area contributed by atoms with Crippen LogP contribution >= 0.6 is 15.9 Å².